The molecule has 1 aromatic carbocycles. The molecule has 2 rings (SSSR count). The number of hydrogen-bond donors (Lipinski definition) is 1. The van der Waals surface area contributed by atoms with Crippen molar-refractivity contribution in [3.8, 4) is 0 Å². The van der Waals surface area contributed by atoms with Crippen molar-refractivity contribution in [3.63, 3.8) is 0 Å². The largest absolute Gasteiger partial charge is 0.416 e. The second kappa shape index (κ2) is 5.24. The smallest absolute Gasteiger partial charge is 0.326 e. The lowest BCUT2D eigenvalue weighted by Gasteiger charge is -2.08. The summed E-state index contributed by atoms with van der Waals surface area (Å²) in [7, 11) is 0. The Morgan fingerprint density at radius 3 is 2.65 bits per heavy atom. The van der Waals surface area contributed by atoms with E-state index in [1.165, 1.54) is 13.0 Å². The summed E-state index contributed by atoms with van der Waals surface area (Å²) in [5.74, 6) is 0.474. The summed E-state index contributed by atoms with van der Waals surface area (Å²) in [5.41, 5.74) is 5.60. The highest BCUT2D eigenvalue weighted by Gasteiger charge is 2.31. The van der Waals surface area contributed by atoms with E-state index in [4.69, 9.17) is 5.73 Å². The molecule has 0 aliphatic heterocycles. The SMILES string of the molecule is CC(=O)CCn1c(CN)nc2cc(C(F)(F)F)ccc21. The van der Waals surface area contributed by atoms with E-state index in [0.29, 0.717) is 24.3 Å². The first-order chi connectivity index (χ1) is 9.32. The summed E-state index contributed by atoms with van der Waals surface area (Å²) in [6.07, 6.45) is -4.11. The average Bonchev–Trinajstić information content (AvgIpc) is 2.71. The normalized spacial score (nSPS) is 12.1. The number of rotatable bonds is 4. The van der Waals surface area contributed by atoms with Crippen LogP contribution in [-0.2, 0) is 24.1 Å². The van der Waals surface area contributed by atoms with Gasteiger partial charge in [-0.25, -0.2) is 4.98 Å². The molecule has 7 heteroatoms. The lowest BCUT2D eigenvalue weighted by atomic mass is 10.2. The molecule has 4 nitrogen and oxygen atoms in total. The number of carbonyl (C=O) groups excluding carboxylic acids is 1. The summed E-state index contributed by atoms with van der Waals surface area (Å²) in [4.78, 5) is 15.2. The molecular weight excluding hydrogens is 271 g/mol. The number of aromatic nitrogens is 2. The first-order valence-corrected chi connectivity index (χ1v) is 6.09. The third-order valence-electron chi connectivity index (χ3n) is 3.02. The van der Waals surface area contributed by atoms with Gasteiger partial charge in [-0.15, -0.1) is 0 Å². The molecule has 0 saturated carbocycles. The fourth-order valence-electron chi connectivity index (χ4n) is 2.03. The van der Waals surface area contributed by atoms with Gasteiger partial charge in [0.15, 0.2) is 0 Å². The lowest BCUT2D eigenvalue weighted by Crippen LogP contribution is -2.10. The third-order valence-corrected chi connectivity index (χ3v) is 3.02. The molecule has 0 aliphatic rings. The number of nitrogens with two attached hydrogens (primary N) is 1. The highest BCUT2D eigenvalue weighted by molar-refractivity contribution is 5.78. The van der Waals surface area contributed by atoms with Gasteiger partial charge in [0.05, 0.1) is 23.1 Å². The van der Waals surface area contributed by atoms with Crippen LogP contribution in [0.3, 0.4) is 0 Å². The van der Waals surface area contributed by atoms with Crippen molar-refractivity contribution in [2.75, 3.05) is 0 Å². The third kappa shape index (κ3) is 2.82. The Kier molecular flexibility index (Phi) is 3.80. The van der Waals surface area contributed by atoms with Gasteiger partial charge in [0, 0.05) is 13.0 Å². The number of nitrogens with zero attached hydrogens (tertiary/aromatic N) is 2. The Morgan fingerprint density at radius 2 is 2.10 bits per heavy atom. The van der Waals surface area contributed by atoms with Crippen LogP contribution in [0.5, 0.6) is 0 Å². The van der Waals surface area contributed by atoms with Gasteiger partial charge in [-0.1, -0.05) is 0 Å². The van der Waals surface area contributed by atoms with E-state index in [-0.39, 0.29) is 17.8 Å². The lowest BCUT2D eigenvalue weighted by molar-refractivity contribution is -0.137. The summed E-state index contributed by atoms with van der Waals surface area (Å²) < 4.78 is 39.7. The highest BCUT2D eigenvalue weighted by Crippen LogP contribution is 2.31. The van der Waals surface area contributed by atoms with Crippen molar-refractivity contribution in [3.05, 3.63) is 29.6 Å². The van der Waals surface area contributed by atoms with E-state index in [0.717, 1.165) is 12.1 Å². The van der Waals surface area contributed by atoms with Crippen LogP contribution in [0.25, 0.3) is 11.0 Å². The maximum atomic E-state index is 12.7. The molecule has 0 atom stereocenters. The van der Waals surface area contributed by atoms with Gasteiger partial charge in [-0.05, 0) is 25.1 Å². The first-order valence-electron chi connectivity index (χ1n) is 6.09. The zero-order chi connectivity index (χ0) is 14.9. The Labute approximate surface area is 113 Å². The second-order valence-corrected chi connectivity index (χ2v) is 4.54. The minimum absolute atomic E-state index is 0.00160. The van der Waals surface area contributed by atoms with Crippen LogP contribution in [0, 0.1) is 0 Å². The molecule has 0 saturated heterocycles. The molecule has 0 amide bonds. The fraction of sp³-hybridized carbons (Fsp3) is 0.385. The van der Waals surface area contributed by atoms with Gasteiger partial charge in [0.1, 0.15) is 11.6 Å². The molecule has 1 heterocycles. The van der Waals surface area contributed by atoms with Crippen molar-refractivity contribution >= 4 is 16.8 Å². The van der Waals surface area contributed by atoms with Gasteiger partial charge < -0.3 is 10.3 Å². The molecule has 0 fully saturated rings. The molecule has 0 aliphatic carbocycles. The number of alkyl halides is 3. The van der Waals surface area contributed by atoms with E-state index in [9.17, 15) is 18.0 Å². The Hall–Kier alpha value is -1.89. The molecule has 1 aromatic heterocycles. The predicted octanol–water partition coefficient (Wildman–Crippen LogP) is 2.49. The molecule has 2 aromatic rings. The topological polar surface area (TPSA) is 60.9 Å². The number of halogens is 3. The zero-order valence-corrected chi connectivity index (χ0v) is 10.9. The molecule has 0 bridgehead atoms. The summed E-state index contributed by atoms with van der Waals surface area (Å²) in [6, 6.07) is 3.37. The Bertz CT molecular complexity index is 646. The maximum absolute atomic E-state index is 12.7. The van der Waals surface area contributed by atoms with Gasteiger partial charge >= 0.3 is 6.18 Å². The molecule has 2 N–H and O–H groups in total. The summed E-state index contributed by atoms with van der Waals surface area (Å²) in [5, 5.41) is 0. The Balaban J connectivity index is 2.49. The van der Waals surface area contributed by atoms with Crippen LogP contribution < -0.4 is 5.73 Å². The van der Waals surface area contributed by atoms with Crippen LogP contribution in [-0.4, -0.2) is 15.3 Å². The van der Waals surface area contributed by atoms with E-state index in [1.54, 1.807) is 4.57 Å². The van der Waals surface area contributed by atoms with Crippen molar-refractivity contribution < 1.29 is 18.0 Å². The molecular formula is C13H14F3N3O. The number of carbonyl (C=O) groups is 1. The number of fused-ring (bicyclic) bond motifs is 1. The monoisotopic (exact) mass is 285 g/mol. The van der Waals surface area contributed by atoms with Gasteiger partial charge in [0.2, 0.25) is 0 Å². The van der Waals surface area contributed by atoms with Crippen LogP contribution >= 0.6 is 0 Å². The quantitative estimate of drug-likeness (QED) is 0.938. The number of benzene rings is 1. The number of aryl methyl sites for hydroxylation is 1. The van der Waals surface area contributed by atoms with E-state index in [2.05, 4.69) is 4.98 Å². The average molecular weight is 285 g/mol. The van der Waals surface area contributed by atoms with Crippen molar-refractivity contribution in [2.24, 2.45) is 5.73 Å². The van der Waals surface area contributed by atoms with Crippen LogP contribution in [0.4, 0.5) is 13.2 Å². The van der Waals surface area contributed by atoms with Crippen molar-refractivity contribution in [2.45, 2.75) is 32.6 Å². The summed E-state index contributed by atoms with van der Waals surface area (Å²) >= 11 is 0. The van der Waals surface area contributed by atoms with Gasteiger partial charge in [0.25, 0.3) is 0 Å². The molecule has 0 unspecified atom stereocenters. The van der Waals surface area contributed by atoms with Crippen LogP contribution in [0.15, 0.2) is 18.2 Å². The Morgan fingerprint density at radius 1 is 1.40 bits per heavy atom. The highest BCUT2D eigenvalue weighted by atomic mass is 19.4. The number of Topliss-reactive ketones (excluding diaryl/α,β-unsaturated/α-hetero) is 1. The van der Waals surface area contributed by atoms with Crippen LogP contribution in [0.1, 0.15) is 24.7 Å². The minimum atomic E-state index is -4.40. The number of ketones is 1. The molecule has 20 heavy (non-hydrogen) atoms. The fourth-order valence-corrected chi connectivity index (χ4v) is 2.03. The predicted molar refractivity (Wildman–Crippen MR) is 67.9 cm³/mol. The van der Waals surface area contributed by atoms with E-state index in [1.807, 2.05) is 0 Å². The second-order valence-electron chi connectivity index (χ2n) is 4.54. The zero-order valence-electron chi connectivity index (χ0n) is 10.9. The van der Waals surface area contributed by atoms with E-state index >= 15 is 0 Å². The maximum Gasteiger partial charge on any atom is 0.416 e. The molecule has 0 spiro atoms. The number of imidazole rings is 1. The standard InChI is InChI=1S/C13H14F3N3O/c1-8(20)4-5-19-11-3-2-9(13(14,15)16)6-10(11)18-12(19)7-17/h2-3,6H,4-5,7,17H2,1H3. The van der Waals surface area contributed by atoms with Crippen molar-refractivity contribution in [1.29, 1.82) is 0 Å². The summed E-state index contributed by atoms with van der Waals surface area (Å²) in [6.45, 7) is 1.93. The van der Waals surface area contributed by atoms with Crippen molar-refractivity contribution in [1.82, 2.24) is 9.55 Å². The van der Waals surface area contributed by atoms with Gasteiger partial charge in [-0.2, -0.15) is 13.2 Å². The van der Waals surface area contributed by atoms with Crippen LogP contribution in [0.2, 0.25) is 0 Å². The number of hydrogen-bond acceptors (Lipinski definition) is 3. The molecule has 0 radical (unpaired) electrons. The minimum Gasteiger partial charge on any atom is -0.326 e. The van der Waals surface area contributed by atoms with Gasteiger partial charge in [-0.3, -0.25) is 4.79 Å². The first kappa shape index (κ1) is 14.5. The molecule has 108 valence electrons. The van der Waals surface area contributed by atoms with E-state index < -0.39 is 11.7 Å².